The van der Waals surface area contributed by atoms with Gasteiger partial charge in [0.05, 0.1) is 17.5 Å². The monoisotopic (exact) mass is 508 g/mol. The Hall–Kier alpha value is -2.58. The van der Waals surface area contributed by atoms with Crippen LogP contribution in [0.1, 0.15) is 18.9 Å². The Balaban J connectivity index is 1.53. The molecule has 3 rings (SSSR count). The van der Waals surface area contributed by atoms with Crippen molar-refractivity contribution in [2.24, 2.45) is 5.92 Å². The van der Waals surface area contributed by atoms with Crippen molar-refractivity contribution >= 4 is 56.7 Å². The first-order valence-electron chi connectivity index (χ1n) is 9.73. The Morgan fingerprint density at radius 3 is 2.65 bits per heavy atom. The zero-order valence-electron chi connectivity index (χ0n) is 17.1. The Labute approximate surface area is 193 Å². The molecule has 31 heavy (non-hydrogen) atoms. The molecule has 0 aliphatic carbocycles. The van der Waals surface area contributed by atoms with Crippen molar-refractivity contribution in [1.29, 1.82) is 0 Å². The number of hydrogen-bond acceptors (Lipinski definition) is 5. The van der Waals surface area contributed by atoms with E-state index in [4.69, 9.17) is 21.1 Å². The molecule has 0 bridgehead atoms. The van der Waals surface area contributed by atoms with Crippen molar-refractivity contribution in [1.82, 2.24) is 0 Å². The van der Waals surface area contributed by atoms with Crippen LogP contribution in [0.25, 0.3) is 0 Å². The molecule has 1 fully saturated rings. The molecule has 0 spiro atoms. The first kappa shape index (κ1) is 23.1. The van der Waals surface area contributed by atoms with E-state index in [0.29, 0.717) is 28.8 Å². The highest BCUT2D eigenvalue weighted by molar-refractivity contribution is 9.10. The molecule has 1 atom stereocenters. The lowest BCUT2D eigenvalue weighted by atomic mass is 10.1. The lowest BCUT2D eigenvalue weighted by Gasteiger charge is -2.17. The molecule has 2 amide bonds. The van der Waals surface area contributed by atoms with Crippen LogP contribution in [0.15, 0.2) is 40.9 Å². The lowest BCUT2D eigenvalue weighted by Crippen LogP contribution is -2.28. The van der Waals surface area contributed by atoms with Crippen LogP contribution in [0.5, 0.6) is 5.75 Å². The van der Waals surface area contributed by atoms with E-state index in [1.54, 1.807) is 36.4 Å². The number of rotatable bonds is 7. The standard InChI is InChI=1S/C22H22BrClN2O5/c1-3-30-16-6-4-15(5-7-16)26-11-14(9-21(26)28)22(29)31-12-20(27)25-19-10-18(24)17(23)8-13(19)2/h4-8,10,14H,3,9,11-12H2,1-2H3,(H,25,27)/t14-/m1/s1. The summed E-state index contributed by atoms with van der Waals surface area (Å²) in [4.78, 5) is 38.5. The van der Waals surface area contributed by atoms with Crippen molar-refractivity contribution in [3.05, 3.63) is 51.5 Å². The maximum Gasteiger partial charge on any atom is 0.311 e. The van der Waals surface area contributed by atoms with Gasteiger partial charge in [0, 0.05) is 28.8 Å². The summed E-state index contributed by atoms with van der Waals surface area (Å²) in [6.07, 6.45) is 0.0368. The van der Waals surface area contributed by atoms with Crippen LogP contribution in [0.3, 0.4) is 0 Å². The molecule has 2 aromatic carbocycles. The van der Waals surface area contributed by atoms with E-state index in [1.807, 2.05) is 13.8 Å². The second-order valence-corrected chi connectivity index (χ2v) is 8.33. The number of nitrogens with zero attached hydrogens (tertiary/aromatic N) is 1. The molecular formula is C22H22BrClN2O5. The molecule has 1 heterocycles. The number of nitrogens with one attached hydrogen (secondary N) is 1. The molecule has 1 N–H and O–H groups in total. The van der Waals surface area contributed by atoms with Crippen LogP contribution in [-0.2, 0) is 19.1 Å². The molecule has 9 heteroatoms. The number of ether oxygens (including phenoxy) is 2. The van der Waals surface area contributed by atoms with Crippen LogP contribution in [-0.4, -0.2) is 37.5 Å². The Kier molecular flexibility index (Phi) is 7.56. The van der Waals surface area contributed by atoms with Crippen molar-refractivity contribution in [2.45, 2.75) is 20.3 Å². The number of carbonyl (C=O) groups excluding carboxylic acids is 3. The van der Waals surface area contributed by atoms with Crippen LogP contribution < -0.4 is 15.0 Å². The normalized spacial score (nSPS) is 15.7. The zero-order chi connectivity index (χ0) is 22.5. The molecule has 7 nitrogen and oxygen atoms in total. The van der Waals surface area contributed by atoms with Crippen molar-refractivity contribution < 1.29 is 23.9 Å². The molecule has 2 aromatic rings. The van der Waals surface area contributed by atoms with Gasteiger partial charge >= 0.3 is 5.97 Å². The number of hydrogen-bond donors (Lipinski definition) is 1. The molecule has 1 aliphatic rings. The molecule has 1 aliphatic heterocycles. The second kappa shape index (κ2) is 10.2. The quantitative estimate of drug-likeness (QED) is 0.561. The van der Waals surface area contributed by atoms with E-state index >= 15 is 0 Å². The number of anilines is 2. The van der Waals surface area contributed by atoms with Crippen LogP contribution in [0.4, 0.5) is 11.4 Å². The smallest absolute Gasteiger partial charge is 0.311 e. The highest BCUT2D eigenvalue weighted by atomic mass is 79.9. The van der Waals surface area contributed by atoms with Gasteiger partial charge in [0.25, 0.3) is 5.91 Å². The fourth-order valence-electron chi connectivity index (χ4n) is 3.23. The number of esters is 1. The number of amides is 2. The highest BCUT2D eigenvalue weighted by Gasteiger charge is 2.36. The highest BCUT2D eigenvalue weighted by Crippen LogP contribution is 2.29. The van der Waals surface area contributed by atoms with Gasteiger partial charge < -0.3 is 19.7 Å². The van der Waals surface area contributed by atoms with Gasteiger partial charge in [0.2, 0.25) is 5.91 Å². The van der Waals surface area contributed by atoms with Gasteiger partial charge in [-0.15, -0.1) is 0 Å². The topological polar surface area (TPSA) is 84.9 Å². The van der Waals surface area contributed by atoms with Crippen LogP contribution in [0, 0.1) is 12.8 Å². The Morgan fingerprint density at radius 2 is 1.97 bits per heavy atom. The van der Waals surface area contributed by atoms with Crippen LogP contribution in [0.2, 0.25) is 5.02 Å². The number of carbonyl (C=O) groups is 3. The minimum absolute atomic E-state index is 0.0368. The van der Waals surface area contributed by atoms with Gasteiger partial charge in [-0.1, -0.05) is 11.6 Å². The Morgan fingerprint density at radius 1 is 1.26 bits per heavy atom. The average Bonchev–Trinajstić information content (AvgIpc) is 3.13. The van der Waals surface area contributed by atoms with Gasteiger partial charge in [-0.25, -0.2) is 0 Å². The summed E-state index contributed by atoms with van der Waals surface area (Å²) in [7, 11) is 0. The summed E-state index contributed by atoms with van der Waals surface area (Å²) in [6, 6.07) is 10.5. The third-order valence-corrected chi connectivity index (χ3v) is 6.00. The van der Waals surface area contributed by atoms with Gasteiger partial charge in [-0.05, 0) is 71.7 Å². The van der Waals surface area contributed by atoms with Crippen molar-refractivity contribution in [3.8, 4) is 5.75 Å². The van der Waals surface area contributed by atoms with E-state index in [2.05, 4.69) is 21.2 Å². The average molecular weight is 510 g/mol. The predicted octanol–water partition coefficient (Wildman–Crippen LogP) is 4.34. The predicted molar refractivity (Wildman–Crippen MR) is 122 cm³/mol. The lowest BCUT2D eigenvalue weighted by molar-refractivity contribution is -0.151. The van der Waals surface area contributed by atoms with E-state index in [9.17, 15) is 14.4 Å². The molecular weight excluding hydrogens is 488 g/mol. The SMILES string of the molecule is CCOc1ccc(N2C[C@H](C(=O)OCC(=O)Nc3cc(Cl)c(Br)cc3C)CC2=O)cc1. The minimum Gasteiger partial charge on any atom is -0.494 e. The first-order chi connectivity index (χ1) is 14.8. The largest absolute Gasteiger partial charge is 0.494 e. The summed E-state index contributed by atoms with van der Waals surface area (Å²) >= 11 is 9.38. The van der Waals surface area contributed by atoms with Gasteiger partial charge in [0.15, 0.2) is 6.61 Å². The third kappa shape index (κ3) is 5.77. The van der Waals surface area contributed by atoms with Gasteiger partial charge in [-0.2, -0.15) is 0 Å². The second-order valence-electron chi connectivity index (χ2n) is 7.07. The molecule has 0 saturated carbocycles. The number of aryl methyl sites for hydroxylation is 1. The Bertz CT molecular complexity index is 996. The molecule has 1 saturated heterocycles. The molecule has 0 unspecified atom stereocenters. The van der Waals surface area contributed by atoms with E-state index in [0.717, 1.165) is 10.0 Å². The maximum atomic E-state index is 12.4. The van der Waals surface area contributed by atoms with Gasteiger partial charge in [-0.3, -0.25) is 14.4 Å². The number of halogens is 2. The molecule has 0 radical (unpaired) electrons. The molecule has 0 aromatic heterocycles. The summed E-state index contributed by atoms with van der Waals surface area (Å²) in [5.74, 6) is -1.15. The van der Waals surface area contributed by atoms with E-state index < -0.39 is 24.4 Å². The van der Waals surface area contributed by atoms with Gasteiger partial charge in [0.1, 0.15) is 5.75 Å². The van der Waals surface area contributed by atoms with Crippen molar-refractivity contribution in [2.75, 3.05) is 30.0 Å². The summed E-state index contributed by atoms with van der Waals surface area (Å²) in [5, 5.41) is 3.13. The van der Waals surface area contributed by atoms with E-state index in [-0.39, 0.29) is 18.9 Å². The maximum absolute atomic E-state index is 12.4. The third-order valence-electron chi connectivity index (χ3n) is 4.80. The zero-order valence-corrected chi connectivity index (χ0v) is 19.5. The summed E-state index contributed by atoms with van der Waals surface area (Å²) < 4.78 is 11.3. The molecule has 164 valence electrons. The summed E-state index contributed by atoms with van der Waals surface area (Å²) in [6.45, 7) is 4.03. The van der Waals surface area contributed by atoms with Crippen molar-refractivity contribution in [3.63, 3.8) is 0 Å². The van der Waals surface area contributed by atoms with Crippen LogP contribution >= 0.6 is 27.5 Å². The summed E-state index contributed by atoms with van der Waals surface area (Å²) in [5.41, 5.74) is 2.03. The fourth-order valence-corrected chi connectivity index (χ4v) is 3.85. The minimum atomic E-state index is -0.629. The van der Waals surface area contributed by atoms with E-state index in [1.165, 1.54) is 4.90 Å². The first-order valence-corrected chi connectivity index (χ1v) is 10.9. The number of benzene rings is 2. The fraction of sp³-hybridized carbons (Fsp3) is 0.318.